The van der Waals surface area contributed by atoms with Crippen molar-refractivity contribution in [3.63, 3.8) is 0 Å². The highest BCUT2D eigenvalue weighted by molar-refractivity contribution is 6.32. The van der Waals surface area contributed by atoms with Crippen LogP contribution in [0, 0.1) is 5.92 Å². The van der Waals surface area contributed by atoms with Crippen LogP contribution in [0.25, 0.3) is 0 Å². The number of aliphatic hydroxyl groups is 1. The van der Waals surface area contributed by atoms with E-state index in [9.17, 15) is 18.7 Å². The van der Waals surface area contributed by atoms with E-state index < -0.39 is 18.7 Å². The van der Waals surface area contributed by atoms with E-state index in [1.54, 1.807) is 6.92 Å². The number of urea groups is 1. The van der Waals surface area contributed by atoms with Gasteiger partial charge >= 0.3 is 12.6 Å². The van der Waals surface area contributed by atoms with E-state index >= 15 is 0 Å². The van der Waals surface area contributed by atoms with Crippen LogP contribution in [0.4, 0.5) is 19.3 Å². The zero-order chi connectivity index (χ0) is 16.7. The summed E-state index contributed by atoms with van der Waals surface area (Å²) in [6.45, 7) is 1.02. The maximum absolute atomic E-state index is 12.1. The van der Waals surface area contributed by atoms with Crippen LogP contribution in [-0.4, -0.2) is 30.4 Å². The average molecular weight is 337 g/mol. The fourth-order valence-electron chi connectivity index (χ4n) is 1.88. The highest BCUT2D eigenvalue weighted by Gasteiger charge is 2.11. The summed E-state index contributed by atoms with van der Waals surface area (Å²) >= 11 is 5.78. The molecule has 0 radical (unpaired) electrons. The minimum absolute atomic E-state index is 0.0272. The molecule has 1 rings (SSSR count). The Kier molecular flexibility index (Phi) is 7.34. The number of aliphatic hydroxyl groups excluding tert-OH is 1. The topological polar surface area (TPSA) is 70.6 Å². The lowest BCUT2D eigenvalue weighted by molar-refractivity contribution is -0.0497. The Balaban J connectivity index is 2.49. The highest BCUT2D eigenvalue weighted by atomic mass is 35.5. The Morgan fingerprint density at radius 2 is 2.09 bits per heavy atom. The fourth-order valence-corrected chi connectivity index (χ4v) is 2.10. The van der Waals surface area contributed by atoms with Gasteiger partial charge in [0.1, 0.15) is 5.75 Å². The predicted molar refractivity (Wildman–Crippen MR) is 80.6 cm³/mol. The largest absolute Gasteiger partial charge is 0.433 e. The van der Waals surface area contributed by atoms with Gasteiger partial charge in [0.05, 0.1) is 11.1 Å². The van der Waals surface area contributed by atoms with Crippen LogP contribution in [0.5, 0.6) is 5.75 Å². The maximum Gasteiger partial charge on any atom is 0.387 e. The van der Waals surface area contributed by atoms with Gasteiger partial charge in [0.15, 0.2) is 0 Å². The zero-order valence-electron chi connectivity index (χ0n) is 12.3. The minimum atomic E-state index is -2.96. The van der Waals surface area contributed by atoms with Crippen molar-refractivity contribution >= 4 is 23.3 Å². The Bertz CT molecular complexity index is 501. The summed E-state index contributed by atoms with van der Waals surface area (Å²) in [5.41, 5.74) is 0.354. The van der Waals surface area contributed by atoms with Gasteiger partial charge in [-0.1, -0.05) is 18.5 Å². The Morgan fingerprint density at radius 1 is 1.41 bits per heavy atom. The minimum Gasteiger partial charge on any atom is -0.433 e. The van der Waals surface area contributed by atoms with E-state index in [1.807, 2.05) is 6.92 Å². The fraction of sp³-hybridized carbons (Fsp3) is 0.500. The first kappa shape index (κ1) is 18.4. The van der Waals surface area contributed by atoms with E-state index in [4.69, 9.17) is 11.6 Å². The van der Waals surface area contributed by atoms with E-state index in [0.29, 0.717) is 18.7 Å². The van der Waals surface area contributed by atoms with Crippen LogP contribution in [0.15, 0.2) is 18.2 Å². The third-order valence-electron chi connectivity index (χ3n) is 2.76. The molecule has 0 heterocycles. The monoisotopic (exact) mass is 336 g/mol. The van der Waals surface area contributed by atoms with Crippen molar-refractivity contribution in [2.45, 2.75) is 33.0 Å². The summed E-state index contributed by atoms with van der Waals surface area (Å²) in [5, 5.41) is 14.4. The number of anilines is 1. The number of alkyl halides is 2. The van der Waals surface area contributed by atoms with Crippen molar-refractivity contribution in [2.75, 3.05) is 11.9 Å². The molecule has 0 spiro atoms. The summed E-state index contributed by atoms with van der Waals surface area (Å²) in [4.78, 5) is 11.7. The van der Waals surface area contributed by atoms with Crippen LogP contribution >= 0.6 is 11.6 Å². The number of carbonyl (C=O) groups excluding carboxylic acids is 1. The number of rotatable bonds is 7. The van der Waals surface area contributed by atoms with E-state index in [2.05, 4.69) is 15.4 Å². The van der Waals surface area contributed by atoms with Crippen molar-refractivity contribution < 1.29 is 23.4 Å². The number of benzene rings is 1. The normalized spacial score (nSPS) is 13.6. The molecule has 0 aliphatic rings. The molecule has 0 saturated heterocycles. The van der Waals surface area contributed by atoms with Crippen molar-refractivity contribution in [3.05, 3.63) is 23.2 Å². The van der Waals surface area contributed by atoms with Gasteiger partial charge < -0.3 is 20.5 Å². The first-order chi connectivity index (χ1) is 10.3. The molecule has 0 fully saturated rings. The van der Waals surface area contributed by atoms with Gasteiger partial charge in [-0.2, -0.15) is 8.78 Å². The van der Waals surface area contributed by atoms with Crippen LogP contribution in [0.2, 0.25) is 5.02 Å². The quantitative estimate of drug-likeness (QED) is 0.714. The van der Waals surface area contributed by atoms with Crippen molar-refractivity contribution in [2.24, 2.45) is 5.92 Å². The molecule has 0 aliphatic heterocycles. The van der Waals surface area contributed by atoms with Crippen LogP contribution < -0.4 is 15.4 Å². The van der Waals surface area contributed by atoms with Crippen molar-refractivity contribution in [3.8, 4) is 5.75 Å². The molecule has 2 amide bonds. The molecule has 0 bridgehead atoms. The molecule has 8 heteroatoms. The number of amides is 2. The summed E-state index contributed by atoms with van der Waals surface area (Å²) in [6, 6.07) is 3.52. The van der Waals surface area contributed by atoms with Gasteiger partial charge in [-0.25, -0.2) is 4.79 Å². The molecule has 124 valence electrons. The molecule has 3 N–H and O–H groups in total. The van der Waals surface area contributed by atoms with Gasteiger partial charge in [0, 0.05) is 12.2 Å². The van der Waals surface area contributed by atoms with E-state index in [-0.39, 0.29) is 16.7 Å². The molecule has 5 nitrogen and oxygen atoms in total. The van der Waals surface area contributed by atoms with Gasteiger partial charge in [0.25, 0.3) is 0 Å². The van der Waals surface area contributed by atoms with Crippen molar-refractivity contribution in [1.82, 2.24) is 5.32 Å². The average Bonchev–Trinajstić information content (AvgIpc) is 2.38. The van der Waals surface area contributed by atoms with Crippen LogP contribution in [0.3, 0.4) is 0 Å². The summed E-state index contributed by atoms with van der Waals surface area (Å²) in [6.07, 6.45) is 0.146. The second-order valence-corrected chi connectivity index (χ2v) is 5.46. The van der Waals surface area contributed by atoms with Crippen LogP contribution in [-0.2, 0) is 0 Å². The first-order valence-electron chi connectivity index (χ1n) is 6.75. The molecule has 0 aliphatic carbocycles. The number of hydrogen-bond acceptors (Lipinski definition) is 3. The predicted octanol–water partition coefficient (Wildman–Crippen LogP) is 3.47. The number of nitrogens with one attached hydrogen (secondary N) is 2. The smallest absolute Gasteiger partial charge is 0.387 e. The molecule has 1 aromatic carbocycles. The molecule has 22 heavy (non-hydrogen) atoms. The summed E-state index contributed by atoms with van der Waals surface area (Å²) < 4.78 is 28.4. The molecular formula is C14H19ClF2N2O3. The second kappa shape index (κ2) is 8.75. The maximum atomic E-state index is 12.1. The zero-order valence-corrected chi connectivity index (χ0v) is 13.0. The van der Waals surface area contributed by atoms with Gasteiger partial charge in [0.2, 0.25) is 0 Å². The van der Waals surface area contributed by atoms with Gasteiger partial charge in [-0.15, -0.1) is 0 Å². The molecule has 0 aromatic heterocycles. The Morgan fingerprint density at radius 3 is 2.64 bits per heavy atom. The lowest BCUT2D eigenvalue weighted by atomic mass is 10.1. The third-order valence-corrected chi connectivity index (χ3v) is 3.06. The number of ether oxygens (including phenoxy) is 1. The SMILES string of the molecule is C[C@@H](CNC(=O)Nc1ccc(OC(F)F)c(Cl)c1)C[C@@H](C)O. The van der Waals surface area contributed by atoms with Crippen molar-refractivity contribution in [1.29, 1.82) is 0 Å². The van der Waals surface area contributed by atoms with Gasteiger partial charge in [-0.3, -0.25) is 0 Å². The lowest BCUT2D eigenvalue weighted by Crippen LogP contribution is -2.33. The summed E-state index contributed by atoms with van der Waals surface area (Å²) in [5.74, 6) is -0.0377. The number of halogens is 3. The molecule has 1 aromatic rings. The molecule has 2 atom stereocenters. The molecule has 0 saturated carbocycles. The molecular weight excluding hydrogens is 318 g/mol. The van der Waals surface area contributed by atoms with E-state index in [0.717, 1.165) is 0 Å². The Hall–Kier alpha value is -1.60. The Labute approximate surface area is 132 Å². The van der Waals surface area contributed by atoms with E-state index in [1.165, 1.54) is 18.2 Å². The standard InChI is InChI=1S/C14H19ClF2N2O3/c1-8(5-9(2)20)7-18-14(21)19-10-3-4-12(11(15)6-10)22-13(16)17/h3-4,6,8-9,13,20H,5,7H2,1-2H3,(H2,18,19,21)/t8-,9-/m1/s1. The number of carbonyl (C=O) groups is 1. The van der Waals surface area contributed by atoms with Gasteiger partial charge in [-0.05, 0) is 37.5 Å². The molecule has 0 unspecified atom stereocenters. The third kappa shape index (κ3) is 6.91. The van der Waals surface area contributed by atoms with Crippen LogP contribution in [0.1, 0.15) is 20.3 Å². The highest BCUT2D eigenvalue weighted by Crippen LogP contribution is 2.28. The second-order valence-electron chi connectivity index (χ2n) is 5.05. The lowest BCUT2D eigenvalue weighted by Gasteiger charge is -2.15. The summed E-state index contributed by atoms with van der Waals surface area (Å²) in [7, 11) is 0. The first-order valence-corrected chi connectivity index (χ1v) is 7.13. The number of hydrogen-bond donors (Lipinski definition) is 3.